The van der Waals surface area contributed by atoms with Crippen LogP contribution in [0.1, 0.15) is 22.4 Å². The molecule has 1 unspecified atom stereocenters. The largest absolute Gasteiger partial charge is 0.382 e. The van der Waals surface area contributed by atoms with E-state index in [0.717, 1.165) is 5.01 Å². The highest BCUT2D eigenvalue weighted by molar-refractivity contribution is 7.09. The molecule has 0 saturated heterocycles. The molecule has 0 bridgehead atoms. The van der Waals surface area contributed by atoms with Crippen LogP contribution in [-0.4, -0.2) is 10.1 Å². The third-order valence-electron chi connectivity index (χ3n) is 2.17. The highest BCUT2D eigenvalue weighted by Crippen LogP contribution is 2.29. The quantitative estimate of drug-likeness (QED) is 0.895. The second-order valence-electron chi connectivity index (χ2n) is 3.36. The summed E-state index contributed by atoms with van der Waals surface area (Å²) in [7, 11) is 0. The van der Waals surface area contributed by atoms with Gasteiger partial charge in [-0.3, -0.25) is 0 Å². The number of rotatable bonds is 2. The van der Waals surface area contributed by atoms with Crippen LogP contribution in [0.25, 0.3) is 0 Å². The lowest BCUT2D eigenvalue weighted by Gasteiger charge is -2.10. The molecule has 0 amide bonds. The van der Waals surface area contributed by atoms with Crippen LogP contribution in [0.2, 0.25) is 5.02 Å². The lowest BCUT2D eigenvalue weighted by atomic mass is 10.1. The second kappa shape index (κ2) is 4.49. The minimum Gasteiger partial charge on any atom is -0.382 e. The van der Waals surface area contributed by atoms with Crippen LogP contribution >= 0.6 is 22.9 Å². The van der Waals surface area contributed by atoms with Crippen molar-refractivity contribution in [1.29, 1.82) is 0 Å². The van der Waals surface area contributed by atoms with Crippen molar-refractivity contribution < 1.29 is 9.50 Å². The van der Waals surface area contributed by atoms with E-state index in [-0.39, 0.29) is 0 Å². The lowest BCUT2D eigenvalue weighted by Crippen LogP contribution is -2.01. The average Bonchev–Trinajstić information content (AvgIpc) is 2.67. The number of aliphatic hydroxyl groups excluding tert-OH is 1. The van der Waals surface area contributed by atoms with Gasteiger partial charge in [-0.2, -0.15) is 0 Å². The predicted octanol–water partition coefficient (Wildman–Crippen LogP) is 3.33. The zero-order valence-electron chi connectivity index (χ0n) is 8.45. The van der Waals surface area contributed by atoms with Gasteiger partial charge in [0.05, 0.1) is 10.7 Å². The van der Waals surface area contributed by atoms with E-state index in [1.807, 2.05) is 6.92 Å². The minimum absolute atomic E-state index is 0.333. The monoisotopic (exact) mass is 257 g/mol. The fourth-order valence-corrected chi connectivity index (χ4v) is 2.24. The van der Waals surface area contributed by atoms with E-state index in [0.29, 0.717) is 16.3 Å². The number of hydrogen-bond donors (Lipinski definition) is 1. The predicted molar refractivity (Wildman–Crippen MR) is 62.3 cm³/mol. The Hall–Kier alpha value is -0.970. The molecule has 84 valence electrons. The maximum absolute atomic E-state index is 13.0. The molecule has 0 spiro atoms. The standard InChI is InChI=1S/C11H9ClFNOS/c1-6-14-10(5-16-6)11(15)8-4-7(13)2-3-9(8)12/h2-5,11,15H,1H3. The van der Waals surface area contributed by atoms with Crippen LogP contribution in [-0.2, 0) is 0 Å². The van der Waals surface area contributed by atoms with E-state index in [9.17, 15) is 9.50 Å². The van der Waals surface area contributed by atoms with Crippen LogP contribution in [0.3, 0.4) is 0 Å². The number of nitrogens with zero attached hydrogens (tertiary/aromatic N) is 1. The first kappa shape index (κ1) is 11.5. The van der Waals surface area contributed by atoms with E-state index in [1.54, 1.807) is 5.38 Å². The van der Waals surface area contributed by atoms with Crippen molar-refractivity contribution in [2.24, 2.45) is 0 Å². The Morgan fingerprint density at radius 2 is 2.25 bits per heavy atom. The molecule has 0 saturated carbocycles. The number of benzene rings is 1. The van der Waals surface area contributed by atoms with Crippen molar-refractivity contribution in [3.05, 3.63) is 50.7 Å². The third kappa shape index (κ3) is 2.24. The Kier molecular flexibility index (Phi) is 3.23. The average molecular weight is 258 g/mol. The summed E-state index contributed by atoms with van der Waals surface area (Å²) in [4.78, 5) is 4.15. The van der Waals surface area contributed by atoms with E-state index >= 15 is 0 Å². The summed E-state index contributed by atoms with van der Waals surface area (Å²) in [6.07, 6.45) is -0.979. The Morgan fingerprint density at radius 3 is 2.88 bits per heavy atom. The van der Waals surface area contributed by atoms with E-state index in [4.69, 9.17) is 11.6 Å². The molecule has 1 heterocycles. The van der Waals surface area contributed by atoms with Crippen LogP contribution < -0.4 is 0 Å². The Morgan fingerprint density at radius 1 is 1.50 bits per heavy atom. The number of halogens is 2. The summed E-state index contributed by atoms with van der Waals surface area (Å²) in [5, 5.41) is 12.9. The SMILES string of the molecule is Cc1nc(C(O)c2cc(F)ccc2Cl)cs1. The van der Waals surface area contributed by atoms with Gasteiger partial charge in [0, 0.05) is 16.0 Å². The maximum Gasteiger partial charge on any atom is 0.123 e. The molecule has 0 fully saturated rings. The molecule has 1 N–H and O–H groups in total. The number of aromatic nitrogens is 1. The lowest BCUT2D eigenvalue weighted by molar-refractivity contribution is 0.215. The van der Waals surface area contributed by atoms with Crippen molar-refractivity contribution in [2.45, 2.75) is 13.0 Å². The van der Waals surface area contributed by atoms with Crippen molar-refractivity contribution in [3.8, 4) is 0 Å². The number of hydrogen-bond acceptors (Lipinski definition) is 3. The summed E-state index contributed by atoms with van der Waals surface area (Å²) in [5.74, 6) is -0.426. The third-order valence-corrected chi connectivity index (χ3v) is 3.31. The van der Waals surface area contributed by atoms with Crippen LogP contribution in [0.15, 0.2) is 23.6 Å². The fraction of sp³-hybridized carbons (Fsp3) is 0.182. The van der Waals surface area contributed by atoms with Gasteiger partial charge >= 0.3 is 0 Å². The number of aliphatic hydroxyl groups is 1. The number of thiazole rings is 1. The zero-order valence-corrected chi connectivity index (χ0v) is 10.0. The van der Waals surface area contributed by atoms with Gasteiger partial charge in [-0.15, -0.1) is 11.3 Å². The summed E-state index contributed by atoms with van der Waals surface area (Å²) in [6.45, 7) is 1.84. The van der Waals surface area contributed by atoms with Gasteiger partial charge in [0.1, 0.15) is 11.9 Å². The van der Waals surface area contributed by atoms with Gasteiger partial charge in [0.2, 0.25) is 0 Å². The van der Waals surface area contributed by atoms with Gasteiger partial charge in [-0.1, -0.05) is 11.6 Å². The molecule has 2 aromatic rings. The van der Waals surface area contributed by atoms with Crippen molar-refractivity contribution in [3.63, 3.8) is 0 Å². The first-order chi connectivity index (χ1) is 7.58. The van der Waals surface area contributed by atoms with Crippen LogP contribution in [0, 0.1) is 12.7 Å². The second-order valence-corrected chi connectivity index (χ2v) is 4.83. The summed E-state index contributed by atoms with van der Waals surface area (Å²) < 4.78 is 13.0. The van der Waals surface area contributed by atoms with Gasteiger partial charge in [-0.05, 0) is 25.1 Å². The molecule has 1 aromatic carbocycles. The Labute approximate surface area is 101 Å². The van der Waals surface area contributed by atoms with Gasteiger partial charge in [-0.25, -0.2) is 9.37 Å². The first-order valence-corrected chi connectivity index (χ1v) is 5.88. The van der Waals surface area contributed by atoms with E-state index in [2.05, 4.69) is 4.98 Å². The molecule has 0 aliphatic heterocycles. The topological polar surface area (TPSA) is 33.1 Å². The van der Waals surface area contributed by atoms with Gasteiger partial charge < -0.3 is 5.11 Å². The molecule has 0 aliphatic carbocycles. The highest BCUT2D eigenvalue weighted by atomic mass is 35.5. The smallest absolute Gasteiger partial charge is 0.123 e. The van der Waals surface area contributed by atoms with Crippen LogP contribution in [0.4, 0.5) is 4.39 Å². The molecule has 1 aromatic heterocycles. The van der Waals surface area contributed by atoms with Gasteiger partial charge in [0.15, 0.2) is 0 Å². The molecule has 2 nitrogen and oxygen atoms in total. The first-order valence-electron chi connectivity index (χ1n) is 4.63. The summed E-state index contributed by atoms with van der Waals surface area (Å²) >= 11 is 7.33. The van der Waals surface area contributed by atoms with Gasteiger partial charge in [0.25, 0.3) is 0 Å². The van der Waals surface area contributed by atoms with Crippen LogP contribution in [0.5, 0.6) is 0 Å². The maximum atomic E-state index is 13.0. The molecular weight excluding hydrogens is 249 g/mol. The molecular formula is C11H9ClFNOS. The molecule has 2 rings (SSSR count). The molecule has 16 heavy (non-hydrogen) atoms. The Balaban J connectivity index is 2.40. The molecule has 5 heteroatoms. The Bertz CT molecular complexity index is 514. The normalized spacial score (nSPS) is 12.8. The fourth-order valence-electron chi connectivity index (χ4n) is 1.39. The number of aryl methyl sites for hydroxylation is 1. The van der Waals surface area contributed by atoms with Crippen molar-refractivity contribution >= 4 is 22.9 Å². The van der Waals surface area contributed by atoms with E-state index < -0.39 is 11.9 Å². The molecule has 0 aliphatic rings. The highest BCUT2D eigenvalue weighted by Gasteiger charge is 2.17. The molecule has 0 radical (unpaired) electrons. The van der Waals surface area contributed by atoms with E-state index in [1.165, 1.54) is 29.5 Å². The zero-order chi connectivity index (χ0) is 11.7. The van der Waals surface area contributed by atoms with Crippen molar-refractivity contribution in [1.82, 2.24) is 4.98 Å². The molecule has 1 atom stereocenters. The summed E-state index contributed by atoms with van der Waals surface area (Å²) in [5.41, 5.74) is 0.835. The minimum atomic E-state index is -0.979. The van der Waals surface area contributed by atoms with Crippen molar-refractivity contribution in [2.75, 3.05) is 0 Å². The summed E-state index contributed by atoms with van der Waals surface area (Å²) in [6, 6.07) is 3.90.